The molecule has 2 heterocycles. The molecular weight excluding hydrogens is 274 g/mol. The van der Waals surface area contributed by atoms with Gasteiger partial charge in [0.2, 0.25) is 5.82 Å². The van der Waals surface area contributed by atoms with Crippen LogP contribution in [0, 0.1) is 17.0 Å². The van der Waals surface area contributed by atoms with E-state index in [9.17, 15) is 15.2 Å². The topological polar surface area (TPSA) is 87.7 Å². The first-order valence-corrected chi connectivity index (χ1v) is 7.16. The second kappa shape index (κ2) is 5.98. The van der Waals surface area contributed by atoms with Crippen molar-refractivity contribution in [2.24, 2.45) is 0 Å². The van der Waals surface area contributed by atoms with Crippen LogP contribution < -0.4 is 4.90 Å². The van der Waals surface area contributed by atoms with Gasteiger partial charge in [-0.2, -0.15) is 5.10 Å². The number of anilines is 1. The van der Waals surface area contributed by atoms with Gasteiger partial charge in [-0.1, -0.05) is 0 Å². The Hall–Kier alpha value is -1.67. The summed E-state index contributed by atoms with van der Waals surface area (Å²) in [4.78, 5) is 15.0. The molecule has 2 rings (SSSR count). The normalized spacial score (nSPS) is 22.3. The minimum Gasteiger partial charge on any atom is -0.391 e. The Balaban J connectivity index is 2.45. The van der Waals surface area contributed by atoms with Gasteiger partial charge >= 0.3 is 5.69 Å². The fourth-order valence-corrected chi connectivity index (χ4v) is 3.02. The van der Waals surface area contributed by atoms with Crippen molar-refractivity contribution in [3.8, 4) is 0 Å². The number of nitrogens with zero attached hydrogens (tertiary/aromatic N) is 5. The molecule has 8 heteroatoms. The van der Waals surface area contributed by atoms with Gasteiger partial charge in [-0.25, -0.2) is 4.68 Å². The number of aliphatic hydroxyl groups is 1. The zero-order chi connectivity index (χ0) is 15.7. The van der Waals surface area contributed by atoms with Crippen LogP contribution >= 0.6 is 0 Å². The fraction of sp³-hybridized carbons (Fsp3) is 0.769. The third kappa shape index (κ3) is 3.01. The van der Waals surface area contributed by atoms with Gasteiger partial charge in [0.1, 0.15) is 5.69 Å². The summed E-state index contributed by atoms with van der Waals surface area (Å²) in [7, 11) is 3.92. The molecule has 1 fully saturated rings. The highest BCUT2D eigenvalue weighted by molar-refractivity contribution is 5.62. The molecule has 0 radical (unpaired) electrons. The molecule has 2 unspecified atom stereocenters. The van der Waals surface area contributed by atoms with E-state index >= 15 is 0 Å². The van der Waals surface area contributed by atoms with Crippen molar-refractivity contribution in [1.29, 1.82) is 0 Å². The number of rotatable bonds is 5. The van der Waals surface area contributed by atoms with E-state index in [4.69, 9.17) is 0 Å². The van der Waals surface area contributed by atoms with Gasteiger partial charge < -0.3 is 14.9 Å². The van der Waals surface area contributed by atoms with Crippen molar-refractivity contribution in [2.75, 3.05) is 32.1 Å². The van der Waals surface area contributed by atoms with E-state index in [-0.39, 0.29) is 16.7 Å². The van der Waals surface area contributed by atoms with Crippen LogP contribution in [0.4, 0.5) is 11.5 Å². The molecule has 0 aliphatic carbocycles. The molecule has 0 amide bonds. The molecule has 0 aromatic carbocycles. The number of likely N-dealkylation sites (N-methyl/N-ethyl adjacent to an activating group) is 1. The second-order valence-corrected chi connectivity index (χ2v) is 5.79. The summed E-state index contributed by atoms with van der Waals surface area (Å²) in [5, 5.41) is 25.6. The summed E-state index contributed by atoms with van der Waals surface area (Å²) >= 11 is 0. The SMILES string of the molecule is CCn1nc(C)c([N+](=O)[O-])c1N1CC(O)CC1CN(C)C. The van der Waals surface area contributed by atoms with E-state index < -0.39 is 6.10 Å². The molecule has 2 atom stereocenters. The Kier molecular flexibility index (Phi) is 4.48. The third-order valence-corrected chi connectivity index (χ3v) is 3.79. The average Bonchev–Trinajstić information content (AvgIpc) is 2.88. The van der Waals surface area contributed by atoms with E-state index in [0.29, 0.717) is 31.0 Å². The lowest BCUT2D eigenvalue weighted by Gasteiger charge is -2.28. The third-order valence-electron chi connectivity index (χ3n) is 3.79. The highest BCUT2D eigenvalue weighted by Gasteiger charge is 2.38. The molecule has 1 N–H and O–H groups in total. The van der Waals surface area contributed by atoms with Crippen molar-refractivity contribution in [3.63, 3.8) is 0 Å². The molecule has 21 heavy (non-hydrogen) atoms. The highest BCUT2D eigenvalue weighted by atomic mass is 16.6. The standard InChI is InChI=1S/C13H23N5O3/c1-5-17-13(12(18(20)21)9(2)14-17)16-8-11(19)6-10(16)7-15(3)4/h10-11,19H,5-8H2,1-4H3. The van der Waals surface area contributed by atoms with Gasteiger partial charge in [0.15, 0.2) is 0 Å². The molecule has 0 spiro atoms. The molecule has 8 nitrogen and oxygen atoms in total. The molecule has 1 aromatic heterocycles. The Morgan fingerprint density at radius 3 is 2.71 bits per heavy atom. The van der Waals surface area contributed by atoms with Crippen LogP contribution in [0.1, 0.15) is 19.0 Å². The molecule has 1 aromatic rings. The van der Waals surface area contributed by atoms with Gasteiger partial charge in [0.25, 0.3) is 0 Å². The molecule has 0 bridgehead atoms. The number of nitro groups is 1. The van der Waals surface area contributed by atoms with Gasteiger partial charge in [0, 0.05) is 25.7 Å². The summed E-state index contributed by atoms with van der Waals surface area (Å²) in [5.41, 5.74) is 0.469. The van der Waals surface area contributed by atoms with Gasteiger partial charge in [0.05, 0.1) is 11.0 Å². The molecule has 1 aliphatic heterocycles. The van der Waals surface area contributed by atoms with Crippen molar-refractivity contribution >= 4 is 11.5 Å². The van der Waals surface area contributed by atoms with E-state index in [2.05, 4.69) is 5.10 Å². The Labute approximate surface area is 124 Å². The fourth-order valence-electron chi connectivity index (χ4n) is 3.02. The quantitative estimate of drug-likeness (QED) is 0.633. The lowest BCUT2D eigenvalue weighted by atomic mass is 10.2. The Bertz CT molecular complexity index is 528. The minimum atomic E-state index is -0.463. The summed E-state index contributed by atoms with van der Waals surface area (Å²) in [6.07, 6.45) is 0.151. The average molecular weight is 297 g/mol. The highest BCUT2D eigenvalue weighted by Crippen LogP contribution is 2.36. The Morgan fingerprint density at radius 2 is 2.19 bits per heavy atom. The summed E-state index contributed by atoms with van der Waals surface area (Å²) < 4.78 is 1.66. The summed E-state index contributed by atoms with van der Waals surface area (Å²) in [6, 6.07) is 0.0510. The summed E-state index contributed by atoms with van der Waals surface area (Å²) in [6.45, 7) is 5.27. The maximum absolute atomic E-state index is 11.4. The number of aliphatic hydroxyl groups excluding tert-OH is 1. The van der Waals surface area contributed by atoms with Crippen LogP contribution in [-0.4, -0.2) is 64.0 Å². The lowest BCUT2D eigenvalue weighted by Crippen LogP contribution is -2.39. The van der Waals surface area contributed by atoms with E-state index in [1.165, 1.54) is 0 Å². The summed E-state index contributed by atoms with van der Waals surface area (Å²) in [5.74, 6) is 0.517. The first-order valence-electron chi connectivity index (χ1n) is 7.16. The Morgan fingerprint density at radius 1 is 1.52 bits per heavy atom. The zero-order valence-corrected chi connectivity index (χ0v) is 13.0. The van der Waals surface area contributed by atoms with Crippen molar-refractivity contribution in [3.05, 3.63) is 15.8 Å². The first kappa shape index (κ1) is 15.7. The van der Waals surface area contributed by atoms with Crippen LogP contribution in [0.3, 0.4) is 0 Å². The van der Waals surface area contributed by atoms with E-state index in [1.807, 2.05) is 30.8 Å². The van der Waals surface area contributed by atoms with Gasteiger partial charge in [-0.05, 0) is 34.4 Å². The number of aromatic nitrogens is 2. The first-order chi connectivity index (χ1) is 9.85. The molecule has 1 saturated heterocycles. The van der Waals surface area contributed by atoms with E-state index in [0.717, 1.165) is 6.54 Å². The predicted octanol–water partition coefficient (Wildman–Crippen LogP) is 0.621. The monoisotopic (exact) mass is 297 g/mol. The van der Waals surface area contributed by atoms with Crippen LogP contribution in [0.2, 0.25) is 0 Å². The molecule has 0 saturated carbocycles. The lowest BCUT2D eigenvalue weighted by molar-refractivity contribution is -0.384. The largest absolute Gasteiger partial charge is 0.391 e. The number of hydrogen-bond donors (Lipinski definition) is 1. The zero-order valence-electron chi connectivity index (χ0n) is 13.0. The number of aryl methyl sites for hydroxylation is 2. The smallest absolute Gasteiger partial charge is 0.333 e. The maximum Gasteiger partial charge on any atom is 0.333 e. The number of hydrogen-bond acceptors (Lipinski definition) is 6. The molecule has 118 valence electrons. The van der Waals surface area contributed by atoms with E-state index in [1.54, 1.807) is 11.6 Å². The molecule has 1 aliphatic rings. The van der Waals surface area contributed by atoms with Gasteiger partial charge in [-0.15, -0.1) is 0 Å². The predicted molar refractivity (Wildman–Crippen MR) is 79.6 cm³/mol. The van der Waals surface area contributed by atoms with Crippen LogP contribution in [-0.2, 0) is 6.54 Å². The molecular formula is C13H23N5O3. The van der Waals surface area contributed by atoms with Crippen molar-refractivity contribution in [2.45, 2.75) is 39.0 Å². The van der Waals surface area contributed by atoms with Crippen molar-refractivity contribution in [1.82, 2.24) is 14.7 Å². The van der Waals surface area contributed by atoms with Crippen LogP contribution in [0.15, 0.2) is 0 Å². The minimum absolute atomic E-state index is 0.0507. The van der Waals surface area contributed by atoms with Gasteiger partial charge in [-0.3, -0.25) is 10.1 Å². The van der Waals surface area contributed by atoms with Crippen LogP contribution in [0.25, 0.3) is 0 Å². The number of β-amino-alcohol motifs (C(OH)–C–C–N with tert-alkyl or cyclic N) is 1. The van der Waals surface area contributed by atoms with Crippen LogP contribution in [0.5, 0.6) is 0 Å². The second-order valence-electron chi connectivity index (χ2n) is 5.79. The van der Waals surface area contributed by atoms with Crippen molar-refractivity contribution < 1.29 is 10.0 Å². The maximum atomic E-state index is 11.4.